The summed E-state index contributed by atoms with van der Waals surface area (Å²) in [6.07, 6.45) is 1.98. The summed E-state index contributed by atoms with van der Waals surface area (Å²) < 4.78 is 0. The predicted octanol–water partition coefficient (Wildman–Crippen LogP) is 4.48. The van der Waals surface area contributed by atoms with Crippen LogP contribution < -0.4 is 5.11 Å². The van der Waals surface area contributed by atoms with E-state index in [1.54, 1.807) is 0 Å². The standard InChI is InChI=1S/C20H24OSe/c1-15-13-14-16(2)22(15)20(18-11-7-4-8-12-18)19(21)17-9-5-3-6-10-17/h3-12,15-16,19-20H,13-14H2,1-2H3/t15-,16-,19?,20?/m1/s1. The summed E-state index contributed by atoms with van der Waals surface area (Å²) in [6, 6.07) is 20.5. The molecule has 0 N–H and O–H groups in total. The fraction of sp³-hybridized carbons (Fsp3) is 0.400. The first-order chi connectivity index (χ1) is 10.7. The van der Waals surface area contributed by atoms with Crippen LogP contribution in [0.15, 0.2) is 60.7 Å². The molecule has 0 saturated carbocycles. The molecule has 2 unspecified atom stereocenters. The van der Waals surface area contributed by atoms with Crippen molar-refractivity contribution >= 4 is 13.9 Å². The molecule has 1 saturated heterocycles. The van der Waals surface area contributed by atoms with E-state index in [0.717, 1.165) is 15.2 Å². The molecule has 4 atom stereocenters. The van der Waals surface area contributed by atoms with E-state index in [4.69, 9.17) is 0 Å². The molecule has 22 heavy (non-hydrogen) atoms. The summed E-state index contributed by atoms with van der Waals surface area (Å²) in [5, 5.41) is 13.3. The zero-order chi connectivity index (χ0) is 15.5. The fourth-order valence-corrected chi connectivity index (χ4v) is 11.0. The van der Waals surface area contributed by atoms with E-state index in [2.05, 4.69) is 38.1 Å². The number of benzene rings is 2. The van der Waals surface area contributed by atoms with Gasteiger partial charge in [-0.05, 0) is 0 Å². The van der Waals surface area contributed by atoms with Crippen LogP contribution in [0.1, 0.15) is 48.7 Å². The second-order valence-corrected chi connectivity index (χ2v) is 12.4. The van der Waals surface area contributed by atoms with Crippen LogP contribution in [0.3, 0.4) is 0 Å². The molecule has 1 fully saturated rings. The van der Waals surface area contributed by atoms with Gasteiger partial charge in [-0.1, -0.05) is 0 Å². The molecule has 0 aromatic heterocycles. The molecule has 0 bridgehead atoms. The number of hydrogen-bond donors (Lipinski definition) is 0. The van der Waals surface area contributed by atoms with Crippen LogP contribution in [0.4, 0.5) is 0 Å². The molecule has 2 aromatic rings. The third-order valence-electron chi connectivity index (χ3n) is 4.73. The Morgan fingerprint density at radius 1 is 0.818 bits per heavy atom. The van der Waals surface area contributed by atoms with Gasteiger partial charge in [0.2, 0.25) is 0 Å². The maximum absolute atomic E-state index is 13.3. The van der Waals surface area contributed by atoms with E-state index < -0.39 is 20.0 Å². The van der Waals surface area contributed by atoms with Crippen LogP contribution in [0.25, 0.3) is 0 Å². The van der Waals surface area contributed by atoms with Crippen LogP contribution >= 0.6 is 0 Å². The van der Waals surface area contributed by atoms with Gasteiger partial charge in [0.15, 0.2) is 0 Å². The Bertz CT molecular complexity index is 573. The second-order valence-electron chi connectivity index (χ2n) is 6.27. The third-order valence-corrected chi connectivity index (χ3v) is 11.9. The van der Waals surface area contributed by atoms with Gasteiger partial charge in [-0.15, -0.1) is 0 Å². The van der Waals surface area contributed by atoms with Crippen molar-refractivity contribution in [2.45, 2.75) is 47.2 Å². The van der Waals surface area contributed by atoms with E-state index in [-0.39, 0.29) is 4.82 Å². The van der Waals surface area contributed by atoms with E-state index in [1.165, 1.54) is 18.4 Å². The third kappa shape index (κ3) is 3.15. The van der Waals surface area contributed by atoms with Crippen LogP contribution in [-0.2, 0) is 0 Å². The predicted molar refractivity (Wildman–Crippen MR) is 92.2 cm³/mol. The van der Waals surface area contributed by atoms with Crippen molar-refractivity contribution in [3.63, 3.8) is 0 Å². The first kappa shape index (κ1) is 15.8. The normalized spacial score (nSPS) is 25.0. The molecule has 1 heterocycles. The first-order valence-electron chi connectivity index (χ1n) is 8.15. The Balaban J connectivity index is 2.00. The van der Waals surface area contributed by atoms with Gasteiger partial charge in [-0.25, -0.2) is 0 Å². The first-order valence-corrected chi connectivity index (χ1v) is 11.1. The van der Waals surface area contributed by atoms with E-state index >= 15 is 0 Å². The van der Waals surface area contributed by atoms with Crippen molar-refractivity contribution in [2.24, 2.45) is 0 Å². The minimum absolute atomic E-state index is 0.191. The molecule has 0 amide bonds. The van der Waals surface area contributed by atoms with Crippen molar-refractivity contribution in [2.75, 3.05) is 0 Å². The molecule has 0 aliphatic carbocycles. The van der Waals surface area contributed by atoms with Gasteiger partial charge in [0, 0.05) is 0 Å². The van der Waals surface area contributed by atoms with Crippen molar-refractivity contribution in [1.82, 2.24) is 0 Å². The molecule has 1 nitrogen and oxygen atoms in total. The van der Waals surface area contributed by atoms with Crippen LogP contribution in [0.2, 0.25) is 9.63 Å². The average Bonchev–Trinajstić information content (AvgIpc) is 2.89. The van der Waals surface area contributed by atoms with Crippen LogP contribution in [0, 0.1) is 0 Å². The second kappa shape index (κ2) is 7.00. The van der Waals surface area contributed by atoms with Crippen molar-refractivity contribution in [3.05, 3.63) is 71.8 Å². The van der Waals surface area contributed by atoms with Gasteiger partial charge in [-0.2, -0.15) is 0 Å². The summed E-state index contributed by atoms with van der Waals surface area (Å²) in [5.74, 6) is 0. The zero-order valence-corrected chi connectivity index (χ0v) is 15.0. The molecule has 0 radical (unpaired) electrons. The van der Waals surface area contributed by atoms with Gasteiger partial charge in [-0.3, -0.25) is 0 Å². The maximum atomic E-state index is 13.3. The molecule has 1 aliphatic rings. The summed E-state index contributed by atoms with van der Waals surface area (Å²) in [6.45, 7) is 4.75. The zero-order valence-electron chi connectivity index (χ0n) is 13.3. The van der Waals surface area contributed by atoms with Crippen molar-refractivity contribution < 1.29 is 5.11 Å². The molecule has 116 valence electrons. The van der Waals surface area contributed by atoms with Gasteiger partial charge >= 0.3 is 138 Å². The van der Waals surface area contributed by atoms with Crippen molar-refractivity contribution in [3.8, 4) is 0 Å². The molecule has 2 heteroatoms. The Labute approximate surface area is 138 Å². The number of rotatable bonds is 4. The van der Waals surface area contributed by atoms with E-state index in [1.807, 2.05) is 36.4 Å². The van der Waals surface area contributed by atoms with Gasteiger partial charge < -0.3 is 0 Å². The Hall–Kier alpha value is -1.08. The van der Waals surface area contributed by atoms with Gasteiger partial charge in [0.25, 0.3) is 0 Å². The summed E-state index contributed by atoms with van der Waals surface area (Å²) in [5.41, 5.74) is 2.21. The van der Waals surface area contributed by atoms with Gasteiger partial charge in [0.05, 0.1) is 0 Å². The molecule has 0 spiro atoms. The summed E-state index contributed by atoms with van der Waals surface area (Å²) in [7, 11) is 0. The van der Waals surface area contributed by atoms with E-state index in [9.17, 15) is 5.11 Å². The SMILES string of the molecule is C[C@@H]1CC[C@@H](C)[Se+]1C(c1ccccc1)C([O-])c1ccccc1. The molecule has 3 rings (SSSR count). The Kier molecular flexibility index (Phi) is 5.03. The van der Waals surface area contributed by atoms with Crippen LogP contribution in [0.5, 0.6) is 0 Å². The quantitative estimate of drug-likeness (QED) is 0.738. The molecular weight excluding hydrogens is 335 g/mol. The van der Waals surface area contributed by atoms with Gasteiger partial charge in [0.1, 0.15) is 0 Å². The molecular formula is C20H24OSe. The fourth-order valence-electron chi connectivity index (χ4n) is 3.57. The Morgan fingerprint density at radius 2 is 1.27 bits per heavy atom. The summed E-state index contributed by atoms with van der Waals surface area (Å²) in [4.78, 5) is 1.69. The van der Waals surface area contributed by atoms with Crippen molar-refractivity contribution in [1.29, 1.82) is 0 Å². The minimum atomic E-state index is -0.988. The van der Waals surface area contributed by atoms with E-state index in [0.29, 0.717) is 0 Å². The Morgan fingerprint density at radius 3 is 1.77 bits per heavy atom. The topological polar surface area (TPSA) is 23.1 Å². The molecule has 2 aromatic carbocycles. The average molecular weight is 359 g/mol. The van der Waals surface area contributed by atoms with Crippen LogP contribution in [-0.4, -0.2) is 13.9 Å². The monoisotopic (exact) mass is 360 g/mol. The number of hydrogen-bond acceptors (Lipinski definition) is 1. The summed E-state index contributed by atoms with van der Waals surface area (Å²) >= 11 is -0.988. The molecule has 1 aliphatic heterocycles.